The Kier molecular flexibility index (Phi) is 4.83. The minimum atomic E-state index is -0.270. The van der Waals surface area contributed by atoms with Gasteiger partial charge in [-0.3, -0.25) is 4.79 Å². The fourth-order valence-electron chi connectivity index (χ4n) is 1.77. The maximum absolute atomic E-state index is 10.8. The van der Waals surface area contributed by atoms with Crippen LogP contribution in [0, 0.1) is 0 Å². The van der Waals surface area contributed by atoms with Crippen LogP contribution in [0.15, 0.2) is 24.3 Å². The molecule has 1 rings (SSSR count). The minimum Gasteiger partial charge on any atom is -0.382 e. The highest BCUT2D eigenvalue weighted by Gasteiger charge is 2.07. The van der Waals surface area contributed by atoms with Gasteiger partial charge < -0.3 is 11.1 Å². The van der Waals surface area contributed by atoms with Crippen LogP contribution in [-0.2, 0) is 11.2 Å². The summed E-state index contributed by atoms with van der Waals surface area (Å²) in [4.78, 5) is 10.8. The van der Waals surface area contributed by atoms with Crippen molar-refractivity contribution in [3.63, 3.8) is 0 Å². The number of carbonyl (C=O) groups excluding carboxylic acids is 1. The molecule has 1 aromatic rings. The molecule has 0 aromatic heterocycles. The van der Waals surface area contributed by atoms with Gasteiger partial charge in [0.2, 0.25) is 5.91 Å². The second-order valence-corrected chi connectivity index (χ2v) is 4.12. The molecule has 0 radical (unpaired) electrons. The number of amides is 1. The molecule has 0 aliphatic carbocycles. The Morgan fingerprint density at radius 1 is 1.44 bits per heavy atom. The second-order valence-electron chi connectivity index (χ2n) is 4.12. The van der Waals surface area contributed by atoms with E-state index >= 15 is 0 Å². The van der Waals surface area contributed by atoms with Crippen LogP contribution in [0.4, 0.5) is 5.69 Å². The third-order valence-corrected chi connectivity index (χ3v) is 2.45. The Hall–Kier alpha value is -1.51. The molecule has 3 nitrogen and oxygen atoms in total. The van der Waals surface area contributed by atoms with E-state index in [0.29, 0.717) is 6.42 Å². The zero-order chi connectivity index (χ0) is 12.0. The van der Waals surface area contributed by atoms with Crippen LogP contribution in [0.1, 0.15) is 32.3 Å². The third kappa shape index (κ3) is 3.93. The highest BCUT2D eigenvalue weighted by Crippen LogP contribution is 2.18. The normalized spacial score (nSPS) is 12.1. The first-order valence-electron chi connectivity index (χ1n) is 5.76. The van der Waals surface area contributed by atoms with Gasteiger partial charge in [0.1, 0.15) is 0 Å². The number of rotatable bonds is 6. The van der Waals surface area contributed by atoms with Crippen molar-refractivity contribution in [1.29, 1.82) is 0 Å². The van der Waals surface area contributed by atoms with Gasteiger partial charge in [0.15, 0.2) is 0 Å². The van der Waals surface area contributed by atoms with Crippen LogP contribution in [-0.4, -0.2) is 11.9 Å². The van der Waals surface area contributed by atoms with Crippen LogP contribution in [0.2, 0.25) is 0 Å². The van der Waals surface area contributed by atoms with E-state index in [9.17, 15) is 4.79 Å². The van der Waals surface area contributed by atoms with E-state index in [1.54, 1.807) is 0 Å². The number of para-hydroxylation sites is 1. The summed E-state index contributed by atoms with van der Waals surface area (Å²) in [6.07, 6.45) is 2.52. The molecule has 1 amide bonds. The molecule has 0 aliphatic heterocycles. The van der Waals surface area contributed by atoms with Crippen molar-refractivity contribution in [2.24, 2.45) is 5.73 Å². The number of carbonyl (C=O) groups is 1. The van der Waals surface area contributed by atoms with Crippen molar-refractivity contribution < 1.29 is 4.79 Å². The van der Waals surface area contributed by atoms with Crippen LogP contribution in [0.5, 0.6) is 0 Å². The van der Waals surface area contributed by atoms with Crippen molar-refractivity contribution in [3.8, 4) is 0 Å². The summed E-state index contributed by atoms with van der Waals surface area (Å²) < 4.78 is 0. The first-order valence-corrected chi connectivity index (χ1v) is 5.76. The van der Waals surface area contributed by atoms with Gasteiger partial charge in [0, 0.05) is 18.2 Å². The van der Waals surface area contributed by atoms with Crippen molar-refractivity contribution in [3.05, 3.63) is 29.8 Å². The van der Waals surface area contributed by atoms with Gasteiger partial charge in [-0.25, -0.2) is 0 Å². The molecule has 0 aliphatic rings. The Morgan fingerprint density at radius 3 is 2.75 bits per heavy atom. The lowest BCUT2D eigenvalue weighted by Crippen LogP contribution is -2.24. The first kappa shape index (κ1) is 12.6. The maximum atomic E-state index is 10.8. The van der Waals surface area contributed by atoms with E-state index in [4.69, 9.17) is 5.73 Å². The fourth-order valence-corrected chi connectivity index (χ4v) is 1.77. The predicted octanol–water partition coefficient (Wildman–Crippen LogP) is 2.31. The topological polar surface area (TPSA) is 55.1 Å². The van der Waals surface area contributed by atoms with E-state index in [0.717, 1.165) is 18.5 Å². The van der Waals surface area contributed by atoms with Crippen LogP contribution in [0.25, 0.3) is 0 Å². The molecule has 0 heterocycles. The van der Waals surface area contributed by atoms with Gasteiger partial charge in [-0.1, -0.05) is 31.5 Å². The number of anilines is 1. The first-order chi connectivity index (χ1) is 7.63. The van der Waals surface area contributed by atoms with Crippen molar-refractivity contribution >= 4 is 11.6 Å². The molecule has 0 saturated carbocycles. The van der Waals surface area contributed by atoms with Crippen LogP contribution in [0.3, 0.4) is 0 Å². The Labute approximate surface area is 97.0 Å². The van der Waals surface area contributed by atoms with Crippen LogP contribution < -0.4 is 11.1 Å². The number of benzene rings is 1. The standard InChI is InChI=1S/C13H20N2O/c1-3-6-11-7-4-5-8-12(11)15-10(2)9-13(14)16/h4-5,7-8,10,15H,3,6,9H2,1-2H3,(H2,14,16). The van der Waals surface area contributed by atoms with Crippen molar-refractivity contribution in [2.75, 3.05) is 5.32 Å². The van der Waals surface area contributed by atoms with Gasteiger partial charge in [-0.15, -0.1) is 0 Å². The molecule has 1 atom stereocenters. The van der Waals surface area contributed by atoms with Gasteiger partial charge in [0.05, 0.1) is 0 Å². The Bertz CT molecular complexity index is 350. The van der Waals surface area contributed by atoms with Gasteiger partial charge in [0.25, 0.3) is 0 Å². The van der Waals surface area contributed by atoms with Gasteiger partial charge >= 0.3 is 0 Å². The molecule has 0 saturated heterocycles. The summed E-state index contributed by atoms with van der Waals surface area (Å²) in [5, 5.41) is 3.33. The summed E-state index contributed by atoms with van der Waals surface area (Å²) in [5.41, 5.74) is 7.57. The second kappa shape index (κ2) is 6.16. The summed E-state index contributed by atoms with van der Waals surface area (Å²) >= 11 is 0. The molecule has 3 N–H and O–H groups in total. The summed E-state index contributed by atoms with van der Waals surface area (Å²) in [7, 11) is 0. The molecule has 88 valence electrons. The van der Waals surface area contributed by atoms with E-state index in [2.05, 4.69) is 18.3 Å². The summed E-state index contributed by atoms with van der Waals surface area (Å²) in [5.74, 6) is -0.270. The zero-order valence-electron chi connectivity index (χ0n) is 9.99. The predicted molar refractivity (Wildman–Crippen MR) is 67.3 cm³/mol. The highest BCUT2D eigenvalue weighted by atomic mass is 16.1. The molecule has 1 unspecified atom stereocenters. The highest BCUT2D eigenvalue weighted by molar-refractivity contribution is 5.75. The molecule has 0 bridgehead atoms. The number of nitrogens with one attached hydrogen (secondary N) is 1. The monoisotopic (exact) mass is 220 g/mol. The number of hydrogen-bond donors (Lipinski definition) is 2. The Balaban J connectivity index is 2.68. The SMILES string of the molecule is CCCc1ccccc1NC(C)CC(N)=O. The molecule has 0 fully saturated rings. The summed E-state index contributed by atoms with van der Waals surface area (Å²) in [6, 6.07) is 8.27. The summed E-state index contributed by atoms with van der Waals surface area (Å²) in [6.45, 7) is 4.12. The van der Waals surface area contributed by atoms with E-state index in [1.807, 2.05) is 25.1 Å². The maximum Gasteiger partial charge on any atom is 0.219 e. The van der Waals surface area contributed by atoms with Gasteiger partial charge in [-0.2, -0.15) is 0 Å². The molecular weight excluding hydrogens is 200 g/mol. The minimum absolute atomic E-state index is 0.0792. The Morgan fingerprint density at radius 2 is 2.12 bits per heavy atom. The molecule has 1 aromatic carbocycles. The van der Waals surface area contributed by atoms with Crippen LogP contribution >= 0.6 is 0 Å². The zero-order valence-corrected chi connectivity index (χ0v) is 9.99. The van der Waals surface area contributed by atoms with Crippen molar-refractivity contribution in [1.82, 2.24) is 0 Å². The quantitative estimate of drug-likeness (QED) is 0.773. The largest absolute Gasteiger partial charge is 0.382 e. The smallest absolute Gasteiger partial charge is 0.219 e. The lowest BCUT2D eigenvalue weighted by Gasteiger charge is -2.16. The fraction of sp³-hybridized carbons (Fsp3) is 0.462. The average Bonchev–Trinajstić information content (AvgIpc) is 2.20. The van der Waals surface area contributed by atoms with E-state index in [1.165, 1.54) is 5.56 Å². The number of primary amides is 1. The lowest BCUT2D eigenvalue weighted by atomic mass is 10.1. The van der Waals surface area contributed by atoms with E-state index < -0.39 is 0 Å². The molecule has 16 heavy (non-hydrogen) atoms. The van der Waals surface area contributed by atoms with E-state index in [-0.39, 0.29) is 11.9 Å². The number of nitrogens with two attached hydrogens (primary N) is 1. The lowest BCUT2D eigenvalue weighted by molar-refractivity contribution is -0.118. The molecule has 0 spiro atoms. The number of aryl methyl sites for hydroxylation is 1. The van der Waals surface area contributed by atoms with Crippen molar-refractivity contribution in [2.45, 2.75) is 39.2 Å². The third-order valence-electron chi connectivity index (χ3n) is 2.45. The average molecular weight is 220 g/mol. The number of hydrogen-bond acceptors (Lipinski definition) is 2. The van der Waals surface area contributed by atoms with Gasteiger partial charge in [-0.05, 0) is 25.0 Å². The molecule has 3 heteroatoms. The molecular formula is C13H20N2O.